The van der Waals surface area contributed by atoms with Crippen LogP contribution in [0.1, 0.15) is 27.2 Å². The lowest BCUT2D eigenvalue weighted by Crippen LogP contribution is -2.19. The standard InChI is InChI=1S/C9H16O2/c1-5(2)9(11)8-4-7(8)6(3)10/h5,7-9,11H,4H2,1-3H3/t7-,8+,9+/m1/s1. The maximum atomic E-state index is 10.8. The zero-order valence-electron chi connectivity index (χ0n) is 7.37. The fraction of sp³-hybridized carbons (Fsp3) is 0.889. The summed E-state index contributed by atoms with van der Waals surface area (Å²) < 4.78 is 0. The Morgan fingerprint density at radius 3 is 2.36 bits per heavy atom. The lowest BCUT2D eigenvalue weighted by atomic mass is 10.0. The van der Waals surface area contributed by atoms with Gasteiger partial charge in [0.2, 0.25) is 0 Å². The van der Waals surface area contributed by atoms with Crippen LogP contribution in [-0.4, -0.2) is 17.0 Å². The van der Waals surface area contributed by atoms with Crippen LogP contribution in [0.2, 0.25) is 0 Å². The molecule has 0 saturated heterocycles. The first kappa shape index (κ1) is 8.72. The third kappa shape index (κ3) is 1.80. The molecule has 1 aliphatic carbocycles. The van der Waals surface area contributed by atoms with Gasteiger partial charge < -0.3 is 5.11 Å². The average molecular weight is 156 g/mol. The highest BCUT2D eigenvalue weighted by molar-refractivity contribution is 5.81. The van der Waals surface area contributed by atoms with E-state index in [0.29, 0.717) is 0 Å². The predicted octanol–water partition coefficient (Wildman–Crippen LogP) is 1.23. The van der Waals surface area contributed by atoms with Crippen molar-refractivity contribution >= 4 is 5.78 Å². The van der Waals surface area contributed by atoms with Crippen molar-refractivity contribution < 1.29 is 9.90 Å². The van der Waals surface area contributed by atoms with Crippen LogP contribution in [0.25, 0.3) is 0 Å². The molecule has 0 bridgehead atoms. The molecule has 1 fully saturated rings. The first-order valence-electron chi connectivity index (χ1n) is 4.22. The molecule has 1 rings (SSSR count). The van der Waals surface area contributed by atoms with E-state index in [4.69, 9.17) is 0 Å². The molecular formula is C9H16O2. The molecular weight excluding hydrogens is 140 g/mol. The van der Waals surface area contributed by atoms with Gasteiger partial charge in [-0.3, -0.25) is 4.79 Å². The van der Waals surface area contributed by atoms with Crippen molar-refractivity contribution in [2.24, 2.45) is 17.8 Å². The Morgan fingerprint density at radius 1 is 1.55 bits per heavy atom. The molecule has 0 amide bonds. The van der Waals surface area contributed by atoms with Gasteiger partial charge in [0.05, 0.1) is 6.10 Å². The number of carbonyl (C=O) groups excluding carboxylic acids is 1. The molecule has 0 aromatic carbocycles. The Balaban J connectivity index is 2.37. The van der Waals surface area contributed by atoms with Crippen molar-refractivity contribution in [2.45, 2.75) is 33.3 Å². The quantitative estimate of drug-likeness (QED) is 0.667. The number of aliphatic hydroxyl groups is 1. The van der Waals surface area contributed by atoms with Crippen LogP contribution in [0, 0.1) is 17.8 Å². The molecule has 11 heavy (non-hydrogen) atoms. The number of ketones is 1. The average Bonchev–Trinajstić information content (AvgIpc) is 2.63. The summed E-state index contributed by atoms with van der Waals surface area (Å²) >= 11 is 0. The number of hydrogen-bond acceptors (Lipinski definition) is 2. The lowest BCUT2D eigenvalue weighted by molar-refractivity contribution is -0.118. The second-order valence-corrected chi connectivity index (χ2v) is 3.85. The highest BCUT2D eigenvalue weighted by atomic mass is 16.3. The summed E-state index contributed by atoms with van der Waals surface area (Å²) in [4.78, 5) is 10.8. The first-order valence-corrected chi connectivity index (χ1v) is 4.22. The van der Waals surface area contributed by atoms with Crippen LogP contribution >= 0.6 is 0 Å². The molecule has 2 heteroatoms. The van der Waals surface area contributed by atoms with E-state index >= 15 is 0 Å². The van der Waals surface area contributed by atoms with Crippen LogP contribution < -0.4 is 0 Å². The summed E-state index contributed by atoms with van der Waals surface area (Å²) in [6, 6.07) is 0. The van der Waals surface area contributed by atoms with Gasteiger partial charge in [-0.2, -0.15) is 0 Å². The second kappa shape index (κ2) is 2.94. The van der Waals surface area contributed by atoms with Gasteiger partial charge in [-0.25, -0.2) is 0 Å². The lowest BCUT2D eigenvalue weighted by Gasteiger charge is -2.12. The topological polar surface area (TPSA) is 37.3 Å². The molecule has 2 nitrogen and oxygen atoms in total. The normalized spacial score (nSPS) is 32.1. The minimum atomic E-state index is -0.274. The number of hydrogen-bond donors (Lipinski definition) is 1. The molecule has 0 unspecified atom stereocenters. The van der Waals surface area contributed by atoms with Gasteiger partial charge in [0.1, 0.15) is 5.78 Å². The fourth-order valence-corrected chi connectivity index (χ4v) is 1.55. The van der Waals surface area contributed by atoms with Gasteiger partial charge in [-0.15, -0.1) is 0 Å². The molecule has 1 saturated carbocycles. The molecule has 0 aliphatic heterocycles. The number of Topliss-reactive ketones (excluding diaryl/α,β-unsaturated/α-hetero) is 1. The molecule has 1 aliphatic rings. The Hall–Kier alpha value is -0.370. The minimum Gasteiger partial charge on any atom is -0.393 e. The zero-order chi connectivity index (χ0) is 8.59. The van der Waals surface area contributed by atoms with Gasteiger partial charge >= 0.3 is 0 Å². The molecule has 1 N–H and O–H groups in total. The van der Waals surface area contributed by atoms with E-state index in [1.807, 2.05) is 13.8 Å². The van der Waals surface area contributed by atoms with Crippen molar-refractivity contribution in [3.63, 3.8) is 0 Å². The highest BCUT2D eigenvalue weighted by Crippen LogP contribution is 2.43. The maximum Gasteiger partial charge on any atom is 0.133 e. The van der Waals surface area contributed by atoms with E-state index in [2.05, 4.69) is 0 Å². The van der Waals surface area contributed by atoms with Crippen molar-refractivity contribution in [1.82, 2.24) is 0 Å². The molecule has 3 atom stereocenters. The number of aliphatic hydroxyl groups excluding tert-OH is 1. The zero-order valence-corrected chi connectivity index (χ0v) is 7.37. The van der Waals surface area contributed by atoms with Gasteiger partial charge in [0.25, 0.3) is 0 Å². The monoisotopic (exact) mass is 156 g/mol. The van der Waals surface area contributed by atoms with Crippen molar-refractivity contribution in [1.29, 1.82) is 0 Å². The molecule has 0 radical (unpaired) electrons. The van der Waals surface area contributed by atoms with Crippen molar-refractivity contribution in [2.75, 3.05) is 0 Å². The summed E-state index contributed by atoms with van der Waals surface area (Å²) in [5.74, 6) is 0.930. The highest BCUT2D eigenvalue weighted by Gasteiger charge is 2.45. The van der Waals surface area contributed by atoms with Gasteiger partial charge in [0.15, 0.2) is 0 Å². The van der Waals surface area contributed by atoms with E-state index in [1.54, 1.807) is 6.92 Å². The summed E-state index contributed by atoms with van der Waals surface area (Å²) in [6.45, 7) is 5.58. The summed E-state index contributed by atoms with van der Waals surface area (Å²) in [6.07, 6.45) is 0.623. The Labute approximate surface area is 67.6 Å². The smallest absolute Gasteiger partial charge is 0.133 e. The van der Waals surface area contributed by atoms with Crippen molar-refractivity contribution in [3.8, 4) is 0 Å². The number of rotatable bonds is 3. The maximum absolute atomic E-state index is 10.8. The van der Waals surface area contributed by atoms with Crippen LogP contribution in [0.4, 0.5) is 0 Å². The molecule has 64 valence electrons. The van der Waals surface area contributed by atoms with Crippen LogP contribution in [0.15, 0.2) is 0 Å². The Kier molecular flexibility index (Phi) is 2.33. The summed E-state index contributed by atoms with van der Waals surface area (Å²) in [5, 5.41) is 9.53. The van der Waals surface area contributed by atoms with E-state index < -0.39 is 0 Å². The first-order chi connectivity index (χ1) is 5.04. The van der Waals surface area contributed by atoms with Crippen LogP contribution in [-0.2, 0) is 4.79 Å². The summed E-state index contributed by atoms with van der Waals surface area (Å²) in [7, 11) is 0. The second-order valence-electron chi connectivity index (χ2n) is 3.85. The van der Waals surface area contributed by atoms with Gasteiger partial charge in [0, 0.05) is 5.92 Å². The van der Waals surface area contributed by atoms with E-state index in [9.17, 15) is 9.90 Å². The molecule has 0 aromatic rings. The third-order valence-electron chi connectivity index (χ3n) is 2.48. The van der Waals surface area contributed by atoms with Crippen LogP contribution in [0.3, 0.4) is 0 Å². The van der Waals surface area contributed by atoms with E-state index in [1.165, 1.54) is 0 Å². The Morgan fingerprint density at radius 2 is 2.09 bits per heavy atom. The fourth-order valence-electron chi connectivity index (χ4n) is 1.55. The SMILES string of the molecule is CC(=O)[C@H]1C[C@@H]1[C@@H](O)C(C)C. The van der Waals surface area contributed by atoms with E-state index in [0.717, 1.165) is 6.42 Å². The third-order valence-corrected chi connectivity index (χ3v) is 2.48. The summed E-state index contributed by atoms with van der Waals surface area (Å²) in [5.41, 5.74) is 0. The largest absolute Gasteiger partial charge is 0.393 e. The molecule has 0 aromatic heterocycles. The predicted molar refractivity (Wildman–Crippen MR) is 43.1 cm³/mol. The van der Waals surface area contributed by atoms with Crippen LogP contribution in [0.5, 0.6) is 0 Å². The molecule has 0 spiro atoms. The minimum absolute atomic E-state index is 0.160. The Bertz CT molecular complexity index is 163. The number of carbonyl (C=O) groups is 1. The van der Waals surface area contributed by atoms with Crippen molar-refractivity contribution in [3.05, 3.63) is 0 Å². The van der Waals surface area contributed by atoms with E-state index in [-0.39, 0.29) is 29.6 Å². The molecule has 0 heterocycles. The van der Waals surface area contributed by atoms with Gasteiger partial charge in [-0.1, -0.05) is 13.8 Å². The van der Waals surface area contributed by atoms with Gasteiger partial charge in [-0.05, 0) is 25.2 Å².